The molecule has 36 heavy (non-hydrogen) atoms. The molecular weight excluding hydrogens is 466 g/mol. The van der Waals surface area contributed by atoms with Crippen LogP contribution in [-0.4, -0.2) is 70.6 Å². The van der Waals surface area contributed by atoms with E-state index in [2.05, 4.69) is 20.0 Å². The topological polar surface area (TPSA) is 261 Å². The van der Waals surface area contributed by atoms with Gasteiger partial charge in [-0.2, -0.15) is 0 Å². The Bertz CT molecular complexity index is 886. The molecule has 0 aliphatic heterocycles. The van der Waals surface area contributed by atoms with Crippen LogP contribution in [0.1, 0.15) is 57.1 Å². The van der Waals surface area contributed by atoms with Crippen LogP contribution in [0.5, 0.6) is 0 Å². The van der Waals surface area contributed by atoms with E-state index in [0.717, 1.165) is 11.3 Å². The lowest BCUT2D eigenvalue weighted by Gasteiger charge is -2.39. The maximum Gasteiger partial charge on any atom is 0.247 e. The molecule has 200 valence electrons. The van der Waals surface area contributed by atoms with Crippen LogP contribution >= 0.6 is 0 Å². The van der Waals surface area contributed by atoms with E-state index in [0.29, 0.717) is 32.1 Å². The molecule has 0 spiro atoms. The second-order valence-corrected chi connectivity index (χ2v) is 8.26. The highest BCUT2D eigenvalue weighted by Gasteiger charge is 2.47. The summed E-state index contributed by atoms with van der Waals surface area (Å²) >= 11 is 0. The van der Waals surface area contributed by atoms with Gasteiger partial charge in [-0.3, -0.25) is 34.4 Å². The third-order valence-electron chi connectivity index (χ3n) is 5.46. The fourth-order valence-corrected chi connectivity index (χ4v) is 3.67. The number of nitrogens with zero attached hydrogens (tertiary/aromatic N) is 5. The highest BCUT2D eigenvalue weighted by molar-refractivity contribution is 6.01. The van der Waals surface area contributed by atoms with Gasteiger partial charge < -0.3 is 39.2 Å². The monoisotopic (exact) mass is 505 g/mol. The molecule has 12 N–H and O–H groups in total. The Balaban J connectivity index is 3.38. The van der Waals surface area contributed by atoms with Crippen molar-refractivity contribution in [3.8, 4) is 0 Å². The van der Waals surface area contributed by atoms with Gasteiger partial charge in [0.2, 0.25) is 11.8 Å². The average Bonchev–Trinajstić information content (AvgIpc) is 2.86. The van der Waals surface area contributed by atoms with Crippen molar-refractivity contribution < 1.29 is 14.4 Å². The summed E-state index contributed by atoms with van der Waals surface area (Å²) < 4.78 is 0. The van der Waals surface area contributed by atoms with E-state index in [-0.39, 0.29) is 56.4 Å². The highest BCUT2D eigenvalue weighted by Crippen LogP contribution is 2.32. The molecule has 1 aromatic heterocycles. The van der Waals surface area contributed by atoms with Crippen LogP contribution in [0, 0.1) is 0 Å². The number of hydrogen-bond acceptors (Lipinski definition) is 9. The molecular formula is C22H39N11O3. The first-order valence-electron chi connectivity index (χ1n) is 11.9. The summed E-state index contributed by atoms with van der Waals surface area (Å²) in [4.78, 5) is 56.9. The predicted molar refractivity (Wildman–Crippen MR) is 137 cm³/mol. The van der Waals surface area contributed by atoms with Crippen molar-refractivity contribution in [2.45, 2.75) is 62.9 Å². The summed E-state index contributed by atoms with van der Waals surface area (Å²) in [7, 11) is 0. The Morgan fingerprint density at radius 1 is 1.00 bits per heavy atom. The van der Waals surface area contributed by atoms with Gasteiger partial charge in [-0.15, -0.1) is 0 Å². The van der Waals surface area contributed by atoms with Gasteiger partial charge >= 0.3 is 0 Å². The van der Waals surface area contributed by atoms with Gasteiger partial charge in [0.15, 0.2) is 18.2 Å². The van der Waals surface area contributed by atoms with E-state index in [9.17, 15) is 14.4 Å². The summed E-state index contributed by atoms with van der Waals surface area (Å²) in [5.41, 5.74) is 31.6. The lowest BCUT2D eigenvalue weighted by atomic mass is 9.87. The lowest BCUT2D eigenvalue weighted by Crippen LogP contribution is -2.58. The Hall–Kier alpha value is -3.65. The molecule has 0 bridgehead atoms. The van der Waals surface area contributed by atoms with Crippen LogP contribution in [0.15, 0.2) is 28.6 Å². The molecule has 14 nitrogen and oxygen atoms in total. The van der Waals surface area contributed by atoms with E-state index in [1.165, 1.54) is 18.6 Å². The number of unbranched alkanes of at least 4 members (excludes halogenated alkanes) is 2. The minimum atomic E-state index is -1.74. The minimum absolute atomic E-state index is 0.0208. The van der Waals surface area contributed by atoms with E-state index in [4.69, 9.17) is 34.4 Å². The number of carbonyl (C=O) groups excluding carboxylic acids is 3. The first kappa shape index (κ1) is 30.4. The first-order chi connectivity index (χ1) is 17.2. The fourth-order valence-electron chi connectivity index (χ4n) is 3.67. The molecule has 0 saturated heterocycles. The highest BCUT2D eigenvalue weighted by atomic mass is 16.2. The van der Waals surface area contributed by atoms with Gasteiger partial charge in [-0.25, -0.2) is 0 Å². The number of aliphatic imine (C=N–C) groups is 2. The zero-order valence-corrected chi connectivity index (χ0v) is 20.6. The van der Waals surface area contributed by atoms with E-state index < -0.39 is 23.4 Å². The van der Waals surface area contributed by atoms with Crippen molar-refractivity contribution in [1.29, 1.82) is 0 Å². The number of guanidine groups is 2. The van der Waals surface area contributed by atoms with Gasteiger partial charge in [-0.1, -0.05) is 6.42 Å². The molecule has 1 heterocycles. The summed E-state index contributed by atoms with van der Waals surface area (Å²) in [5.74, 6) is -1.44. The Morgan fingerprint density at radius 3 is 2.22 bits per heavy atom. The zero-order valence-electron chi connectivity index (χ0n) is 20.6. The number of hydrogen-bond donors (Lipinski definition) is 6. The molecule has 1 rings (SSSR count). The number of aldehydes is 1. The summed E-state index contributed by atoms with van der Waals surface area (Å²) in [6.45, 7) is 0.924. The van der Waals surface area contributed by atoms with Crippen LogP contribution in [0.3, 0.4) is 0 Å². The smallest absolute Gasteiger partial charge is 0.247 e. The third kappa shape index (κ3) is 9.54. The summed E-state index contributed by atoms with van der Waals surface area (Å²) in [5, 5.41) is 0. The quantitative estimate of drug-likeness (QED) is 0.0593. The number of nitrogens with two attached hydrogens (primary N) is 6. The van der Waals surface area contributed by atoms with Crippen molar-refractivity contribution in [1.82, 2.24) is 14.9 Å². The molecule has 0 radical (unpaired) electrons. The molecule has 0 aromatic carbocycles. The molecule has 14 heteroatoms. The molecule has 2 amide bonds. The van der Waals surface area contributed by atoms with Crippen LogP contribution in [0.4, 0.5) is 0 Å². The number of amides is 2. The normalized spacial score (nSPS) is 13.2. The predicted octanol–water partition coefficient (Wildman–Crippen LogP) is -1.82. The average molecular weight is 506 g/mol. The van der Waals surface area contributed by atoms with Crippen LogP contribution < -0.4 is 34.4 Å². The summed E-state index contributed by atoms with van der Waals surface area (Å²) in [6.07, 6.45) is 7.51. The van der Waals surface area contributed by atoms with Gasteiger partial charge in [0.05, 0.1) is 17.9 Å². The fraction of sp³-hybridized carbons (Fsp3) is 0.591. The Kier molecular flexibility index (Phi) is 13.6. The number of aromatic nitrogens is 2. The zero-order chi connectivity index (χ0) is 27.0. The molecule has 0 aliphatic rings. The molecule has 0 unspecified atom stereocenters. The van der Waals surface area contributed by atoms with E-state index in [1.807, 2.05) is 0 Å². The van der Waals surface area contributed by atoms with Gasteiger partial charge in [0.1, 0.15) is 5.54 Å². The van der Waals surface area contributed by atoms with Gasteiger partial charge in [-0.05, 0) is 45.1 Å². The minimum Gasteiger partial charge on any atom is -0.370 e. The largest absolute Gasteiger partial charge is 0.370 e. The standard InChI is InChI=1S/C22H39N11O3/c23-9-3-1-2-7-18(35)33(19(36)16(24)6-4-10-31-20(25)26)22(15-34,8-5-11-32-21(27)28)17-14-29-12-13-30-17/h12-16H,1-11,23-24H2,(H4,25,26,31)(H4,27,28,32)/t16-,22-/m0/s1. The van der Waals surface area contributed by atoms with Crippen molar-refractivity contribution in [3.63, 3.8) is 0 Å². The van der Waals surface area contributed by atoms with Gasteiger partial charge in [0.25, 0.3) is 0 Å². The maximum absolute atomic E-state index is 13.6. The van der Waals surface area contributed by atoms with Crippen LogP contribution in [0.2, 0.25) is 0 Å². The molecule has 0 aliphatic carbocycles. The lowest BCUT2D eigenvalue weighted by molar-refractivity contribution is -0.157. The molecule has 0 fully saturated rings. The molecule has 0 saturated carbocycles. The second-order valence-electron chi connectivity index (χ2n) is 8.26. The maximum atomic E-state index is 13.6. The van der Waals surface area contributed by atoms with Crippen molar-refractivity contribution in [2.24, 2.45) is 44.4 Å². The summed E-state index contributed by atoms with van der Waals surface area (Å²) in [6, 6.07) is -1.08. The number of rotatable bonds is 17. The first-order valence-corrected chi connectivity index (χ1v) is 11.9. The second kappa shape index (κ2) is 16.1. The van der Waals surface area contributed by atoms with E-state index in [1.54, 1.807) is 0 Å². The Labute approximate surface area is 211 Å². The van der Waals surface area contributed by atoms with Gasteiger partial charge in [0, 0.05) is 31.9 Å². The van der Waals surface area contributed by atoms with Crippen molar-refractivity contribution in [3.05, 3.63) is 24.3 Å². The van der Waals surface area contributed by atoms with Crippen molar-refractivity contribution in [2.75, 3.05) is 19.6 Å². The molecule has 2 atom stereocenters. The van der Waals surface area contributed by atoms with Crippen molar-refractivity contribution >= 4 is 30.0 Å². The third-order valence-corrected chi connectivity index (χ3v) is 5.46. The number of imide groups is 1. The molecule has 1 aromatic rings. The Morgan fingerprint density at radius 2 is 1.67 bits per heavy atom. The number of carbonyl (C=O) groups is 3. The van der Waals surface area contributed by atoms with Crippen LogP contribution in [-0.2, 0) is 19.9 Å². The van der Waals surface area contributed by atoms with Crippen LogP contribution in [0.25, 0.3) is 0 Å². The SMILES string of the molecule is NCCCCCC(=O)N(C(=O)[C@@H](N)CCCN=C(N)N)[C@](C=O)(CCCN=C(N)N)c1cnccn1. The van der Waals surface area contributed by atoms with E-state index >= 15 is 0 Å².